The molecule has 0 spiro atoms. The summed E-state index contributed by atoms with van der Waals surface area (Å²) in [6.45, 7) is 8.38. The lowest BCUT2D eigenvalue weighted by Gasteiger charge is -2.33. The van der Waals surface area contributed by atoms with Crippen molar-refractivity contribution >= 4 is 22.5 Å². The van der Waals surface area contributed by atoms with Gasteiger partial charge in [-0.1, -0.05) is 25.1 Å². The lowest BCUT2D eigenvalue weighted by molar-refractivity contribution is 0.178. The molecule has 0 N–H and O–H groups in total. The molecule has 2 heterocycles. The van der Waals surface area contributed by atoms with E-state index < -0.39 is 0 Å². The van der Waals surface area contributed by atoms with Crippen LogP contribution in [0.1, 0.15) is 26.0 Å². The Morgan fingerprint density at radius 2 is 2.15 bits per heavy atom. The van der Waals surface area contributed by atoms with E-state index in [1.165, 1.54) is 16.6 Å². The lowest BCUT2D eigenvalue weighted by atomic mass is 9.99. The summed E-state index contributed by atoms with van der Waals surface area (Å²) >= 11 is 6.31. The molecule has 20 heavy (non-hydrogen) atoms. The van der Waals surface area contributed by atoms with Gasteiger partial charge in [-0.3, -0.25) is 9.58 Å². The number of aromatic nitrogens is 2. The van der Waals surface area contributed by atoms with Crippen molar-refractivity contribution in [2.75, 3.05) is 13.1 Å². The molecule has 0 bridgehead atoms. The Kier molecular flexibility index (Phi) is 3.99. The molecule has 4 heteroatoms. The van der Waals surface area contributed by atoms with Gasteiger partial charge in [0, 0.05) is 30.4 Å². The van der Waals surface area contributed by atoms with Crippen LogP contribution in [-0.4, -0.2) is 33.1 Å². The predicted octanol–water partition coefficient (Wildman–Crippen LogP) is 3.51. The van der Waals surface area contributed by atoms with E-state index >= 15 is 0 Å². The largest absolute Gasteiger partial charge is 0.297 e. The summed E-state index contributed by atoms with van der Waals surface area (Å²) in [5, 5.41) is 6.40. The Labute approximate surface area is 125 Å². The molecule has 3 nitrogen and oxygen atoms in total. The number of rotatable bonds is 3. The van der Waals surface area contributed by atoms with Crippen LogP contribution in [0.4, 0.5) is 0 Å². The van der Waals surface area contributed by atoms with Crippen molar-refractivity contribution in [3.63, 3.8) is 0 Å². The van der Waals surface area contributed by atoms with Gasteiger partial charge in [-0.25, -0.2) is 0 Å². The van der Waals surface area contributed by atoms with Gasteiger partial charge in [0.05, 0.1) is 11.2 Å². The van der Waals surface area contributed by atoms with Crippen molar-refractivity contribution in [2.24, 2.45) is 5.92 Å². The maximum absolute atomic E-state index is 6.31. The standard InChI is InChI=1S/C16H22ClN3/c1-3-20-16-7-5-4-6-13(16)15(18-20)11-19-9-8-14(17)12(2)10-19/h4-7,12,14H,3,8-11H2,1-2H3. The number of aryl methyl sites for hydroxylation is 1. The van der Waals surface area contributed by atoms with Gasteiger partial charge in [-0.05, 0) is 31.9 Å². The normalized spacial score (nSPS) is 24.4. The summed E-state index contributed by atoms with van der Waals surface area (Å²) in [5.74, 6) is 0.560. The Balaban J connectivity index is 1.84. The number of fused-ring (bicyclic) bond motifs is 1. The third-order valence-electron chi connectivity index (χ3n) is 4.29. The highest BCUT2D eigenvalue weighted by molar-refractivity contribution is 6.20. The zero-order valence-corrected chi connectivity index (χ0v) is 13.0. The highest BCUT2D eigenvalue weighted by atomic mass is 35.5. The Morgan fingerprint density at radius 1 is 1.35 bits per heavy atom. The average molecular weight is 292 g/mol. The van der Waals surface area contributed by atoms with E-state index in [4.69, 9.17) is 16.7 Å². The second kappa shape index (κ2) is 5.74. The lowest BCUT2D eigenvalue weighted by Crippen LogP contribution is -2.39. The van der Waals surface area contributed by atoms with Crippen molar-refractivity contribution in [3.8, 4) is 0 Å². The van der Waals surface area contributed by atoms with Gasteiger partial charge in [0.2, 0.25) is 0 Å². The second-order valence-electron chi connectivity index (χ2n) is 5.80. The molecular weight excluding hydrogens is 270 g/mol. The third kappa shape index (κ3) is 2.57. The average Bonchev–Trinajstić information content (AvgIpc) is 2.81. The van der Waals surface area contributed by atoms with Crippen LogP contribution in [0.3, 0.4) is 0 Å². The molecule has 1 saturated heterocycles. The van der Waals surface area contributed by atoms with E-state index in [2.05, 4.69) is 47.7 Å². The SMILES string of the molecule is CCn1nc(CN2CCC(Cl)C(C)C2)c2ccccc21. The first-order chi connectivity index (χ1) is 9.69. The fourth-order valence-corrected chi connectivity index (χ4v) is 3.29. The molecule has 1 aliphatic heterocycles. The van der Waals surface area contributed by atoms with Crippen LogP contribution in [-0.2, 0) is 13.1 Å². The quantitative estimate of drug-likeness (QED) is 0.807. The molecule has 1 aromatic carbocycles. The maximum Gasteiger partial charge on any atom is 0.0843 e. The van der Waals surface area contributed by atoms with Crippen LogP contribution >= 0.6 is 11.6 Å². The summed E-state index contributed by atoms with van der Waals surface area (Å²) in [5.41, 5.74) is 2.44. The number of alkyl halides is 1. The van der Waals surface area contributed by atoms with Crippen LogP contribution in [0.15, 0.2) is 24.3 Å². The van der Waals surface area contributed by atoms with Crippen molar-refractivity contribution in [3.05, 3.63) is 30.0 Å². The van der Waals surface area contributed by atoms with Crippen LogP contribution in [0.5, 0.6) is 0 Å². The Hall–Kier alpha value is -1.06. The zero-order valence-electron chi connectivity index (χ0n) is 12.2. The third-order valence-corrected chi connectivity index (χ3v) is 4.94. The van der Waals surface area contributed by atoms with Gasteiger partial charge in [-0.15, -0.1) is 11.6 Å². The maximum atomic E-state index is 6.31. The summed E-state index contributed by atoms with van der Waals surface area (Å²) < 4.78 is 2.10. The highest BCUT2D eigenvalue weighted by Gasteiger charge is 2.25. The van der Waals surface area contributed by atoms with Gasteiger partial charge in [0.15, 0.2) is 0 Å². The number of hydrogen-bond donors (Lipinski definition) is 0. The smallest absolute Gasteiger partial charge is 0.0843 e. The van der Waals surface area contributed by atoms with Gasteiger partial charge < -0.3 is 0 Å². The molecule has 0 aliphatic carbocycles. The molecule has 3 rings (SSSR count). The Bertz CT molecular complexity index is 592. The fourth-order valence-electron chi connectivity index (χ4n) is 3.11. The minimum atomic E-state index is 0.330. The van der Waals surface area contributed by atoms with E-state index in [0.29, 0.717) is 11.3 Å². The number of likely N-dealkylation sites (tertiary alicyclic amines) is 1. The van der Waals surface area contributed by atoms with Crippen LogP contribution in [0.2, 0.25) is 0 Å². The molecule has 2 unspecified atom stereocenters. The summed E-state index contributed by atoms with van der Waals surface area (Å²) in [6.07, 6.45) is 1.08. The fraction of sp³-hybridized carbons (Fsp3) is 0.562. The summed E-state index contributed by atoms with van der Waals surface area (Å²) in [7, 11) is 0. The van der Waals surface area contributed by atoms with Crippen molar-refractivity contribution in [1.82, 2.24) is 14.7 Å². The van der Waals surface area contributed by atoms with E-state index in [9.17, 15) is 0 Å². The molecule has 1 fully saturated rings. The monoisotopic (exact) mass is 291 g/mol. The topological polar surface area (TPSA) is 21.1 Å². The number of halogens is 1. The van der Waals surface area contributed by atoms with Gasteiger partial charge in [0.25, 0.3) is 0 Å². The van der Waals surface area contributed by atoms with Gasteiger partial charge >= 0.3 is 0 Å². The molecule has 0 amide bonds. The number of hydrogen-bond acceptors (Lipinski definition) is 2. The molecule has 108 valence electrons. The second-order valence-corrected chi connectivity index (χ2v) is 6.36. The van der Waals surface area contributed by atoms with Crippen molar-refractivity contribution < 1.29 is 0 Å². The minimum absolute atomic E-state index is 0.330. The van der Waals surface area contributed by atoms with E-state index in [1.54, 1.807) is 0 Å². The number of para-hydroxylation sites is 1. The molecule has 2 atom stereocenters. The van der Waals surface area contributed by atoms with Gasteiger partial charge in [0.1, 0.15) is 0 Å². The first-order valence-corrected chi connectivity index (χ1v) is 7.93. The summed E-state index contributed by atoms with van der Waals surface area (Å²) in [6, 6.07) is 8.52. The Morgan fingerprint density at radius 3 is 2.90 bits per heavy atom. The number of benzene rings is 1. The first-order valence-electron chi connectivity index (χ1n) is 7.50. The van der Waals surface area contributed by atoms with Crippen molar-refractivity contribution in [2.45, 2.75) is 38.7 Å². The van der Waals surface area contributed by atoms with Crippen LogP contribution in [0, 0.1) is 5.92 Å². The van der Waals surface area contributed by atoms with Crippen LogP contribution in [0.25, 0.3) is 10.9 Å². The minimum Gasteiger partial charge on any atom is -0.297 e. The first kappa shape index (κ1) is 13.9. The molecule has 0 radical (unpaired) electrons. The molecule has 1 aliphatic rings. The molecule has 0 saturated carbocycles. The predicted molar refractivity (Wildman–Crippen MR) is 84.1 cm³/mol. The highest BCUT2D eigenvalue weighted by Crippen LogP contribution is 2.25. The number of piperidine rings is 1. The van der Waals surface area contributed by atoms with E-state index in [0.717, 1.165) is 32.6 Å². The van der Waals surface area contributed by atoms with Crippen LogP contribution < -0.4 is 0 Å². The van der Waals surface area contributed by atoms with Crippen molar-refractivity contribution in [1.29, 1.82) is 0 Å². The molecule has 1 aromatic heterocycles. The van der Waals surface area contributed by atoms with Gasteiger partial charge in [-0.2, -0.15) is 5.10 Å². The summed E-state index contributed by atoms with van der Waals surface area (Å²) in [4.78, 5) is 2.48. The molecular formula is C16H22ClN3. The van der Waals surface area contributed by atoms with E-state index in [-0.39, 0.29) is 0 Å². The zero-order chi connectivity index (χ0) is 14.1. The molecule has 2 aromatic rings. The van der Waals surface area contributed by atoms with E-state index in [1.807, 2.05) is 0 Å². The number of nitrogens with zero attached hydrogens (tertiary/aromatic N) is 3.